The maximum Gasteiger partial charge on any atom is 0.123 e. The van der Waals surface area contributed by atoms with Crippen molar-refractivity contribution in [3.63, 3.8) is 0 Å². The molecule has 4 nitrogen and oxygen atoms in total. The van der Waals surface area contributed by atoms with E-state index in [0.29, 0.717) is 0 Å². The predicted octanol–water partition coefficient (Wildman–Crippen LogP) is 3.73. The summed E-state index contributed by atoms with van der Waals surface area (Å²) in [7, 11) is 1.92. The van der Waals surface area contributed by atoms with E-state index in [4.69, 9.17) is 4.74 Å². The van der Waals surface area contributed by atoms with Gasteiger partial charge in [-0.1, -0.05) is 0 Å². The lowest BCUT2D eigenvalue weighted by molar-refractivity contribution is 0.241. The molecule has 108 valence electrons. The summed E-state index contributed by atoms with van der Waals surface area (Å²) in [5, 5.41) is 6.57. The van der Waals surface area contributed by atoms with Crippen molar-refractivity contribution in [1.29, 1.82) is 0 Å². The zero-order chi connectivity index (χ0) is 15.0. The van der Waals surface area contributed by atoms with Crippen LogP contribution in [0.2, 0.25) is 0 Å². The number of fused-ring (bicyclic) bond motifs is 1. The number of hydrogen-bond donors (Lipinski definition) is 0. The van der Waals surface area contributed by atoms with E-state index in [0.717, 1.165) is 27.8 Å². The number of aryl methyl sites for hydroxylation is 2. The van der Waals surface area contributed by atoms with Crippen LogP contribution in [0.4, 0.5) is 0 Å². The highest BCUT2D eigenvalue weighted by Gasteiger charge is 2.13. The highest BCUT2D eigenvalue weighted by Crippen LogP contribution is 2.36. The summed E-state index contributed by atoms with van der Waals surface area (Å²) in [4.78, 5) is 4.26. The molecular weight excluding hydrogens is 262 g/mol. The van der Waals surface area contributed by atoms with Crippen LogP contribution in [0.25, 0.3) is 21.9 Å². The van der Waals surface area contributed by atoms with Gasteiger partial charge in [-0.25, -0.2) is 0 Å². The molecule has 0 N–H and O–H groups in total. The van der Waals surface area contributed by atoms with Gasteiger partial charge in [0, 0.05) is 42.2 Å². The van der Waals surface area contributed by atoms with Gasteiger partial charge >= 0.3 is 0 Å². The van der Waals surface area contributed by atoms with Crippen LogP contribution in [0, 0.1) is 6.92 Å². The number of benzene rings is 1. The van der Waals surface area contributed by atoms with Gasteiger partial charge in [0.05, 0.1) is 12.3 Å². The Kier molecular flexibility index (Phi) is 3.37. The average molecular weight is 281 g/mol. The first kappa shape index (κ1) is 13.6. The van der Waals surface area contributed by atoms with Crippen molar-refractivity contribution in [3.05, 3.63) is 42.5 Å². The summed E-state index contributed by atoms with van der Waals surface area (Å²) in [6.07, 6.45) is 7.76. The van der Waals surface area contributed by atoms with Crippen molar-refractivity contribution in [2.24, 2.45) is 7.05 Å². The molecule has 3 rings (SSSR count). The molecule has 0 bridgehead atoms. The van der Waals surface area contributed by atoms with Gasteiger partial charge in [0.15, 0.2) is 0 Å². The standard InChI is InChI=1S/C17H19N3O/c1-11(2)21-17-7-15(13-8-19-20(4)10-13)14-5-6-18-9-16(14)12(17)3/h5-11H,1-4H3. The SMILES string of the molecule is Cc1c(OC(C)C)cc(-c2cnn(C)c2)c2ccncc12. The minimum Gasteiger partial charge on any atom is -0.491 e. The highest BCUT2D eigenvalue weighted by molar-refractivity contribution is 5.99. The predicted molar refractivity (Wildman–Crippen MR) is 84.4 cm³/mol. The maximum absolute atomic E-state index is 5.97. The molecule has 0 amide bonds. The molecule has 3 aromatic rings. The lowest BCUT2D eigenvalue weighted by atomic mass is 9.98. The Morgan fingerprint density at radius 1 is 1.19 bits per heavy atom. The third-order valence-electron chi connectivity index (χ3n) is 3.54. The molecular formula is C17H19N3O. The number of aromatic nitrogens is 3. The third-order valence-corrected chi connectivity index (χ3v) is 3.54. The van der Waals surface area contributed by atoms with Crippen molar-refractivity contribution < 1.29 is 4.74 Å². The smallest absolute Gasteiger partial charge is 0.123 e. The van der Waals surface area contributed by atoms with Gasteiger partial charge in [0.25, 0.3) is 0 Å². The molecule has 2 aromatic heterocycles. The minimum absolute atomic E-state index is 0.138. The summed E-state index contributed by atoms with van der Waals surface area (Å²) in [6.45, 7) is 6.15. The second-order valence-electron chi connectivity index (χ2n) is 5.54. The molecule has 0 aliphatic carbocycles. The second-order valence-corrected chi connectivity index (χ2v) is 5.54. The number of rotatable bonds is 3. The Bertz CT molecular complexity index is 790. The van der Waals surface area contributed by atoms with Crippen LogP contribution < -0.4 is 4.74 Å². The van der Waals surface area contributed by atoms with Crippen LogP contribution in [-0.4, -0.2) is 20.9 Å². The molecule has 0 atom stereocenters. The van der Waals surface area contributed by atoms with Crippen LogP contribution in [-0.2, 0) is 7.05 Å². The summed E-state index contributed by atoms with van der Waals surface area (Å²) < 4.78 is 7.78. The first-order chi connectivity index (χ1) is 10.1. The zero-order valence-electron chi connectivity index (χ0n) is 12.8. The van der Waals surface area contributed by atoms with Crippen LogP contribution in [0.15, 0.2) is 36.9 Å². The molecule has 0 saturated heterocycles. The highest BCUT2D eigenvalue weighted by atomic mass is 16.5. The van der Waals surface area contributed by atoms with E-state index in [1.807, 2.05) is 56.4 Å². The van der Waals surface area contributed by atoms with Crippen molar-refractivity contribution in [1.82, 2.24) is 14.8 Å². The minimum atomic E-state index is 0.138. The van der Waals surface area contributed by atoms with Gasteiger partial charge in [-0.2, -0.15) is 5.10 Å². The average Bonchev–Trinajstić information content (AvgIpc) is 2.88. The van der Waals surface area contributed by atoms with Gasteiger partial charge < -0.3 is 4.74 Å². The van der Waals surface area contributed by atoms with Crippen molar-refractivity contribution in [3.8, 4) is 16.9 Å². The molecule has 0 radical (unpaired) electrons. The quantitative estimate of drug-likeness (QED) is 0.734. The van der Waals surface area contributed by atoms with Crippen molar-refractivity contribution in [2.75, 3.05) is 0 Å². The second kappa shape index (κ2) is 5.20. The topological polar surface area (TPSA) is 39.9 Å². The number of ether oxygens (including phenoxy) is 1. The molecule has 0 aliphatic rings. The van der Waals surface area contributed by atoms with Crippen molar-refractivity contribution >= 4 is 10.8 Å². The van der Waals surface area contributed by atoms with Crippen LogP contribution >= 0.6 is 0 Å². The Morgan fingerprint density at radius 2 is 2.00 bits per heavy atom. The van der Waals surface area contributed by atoms with Crippen LogP contribution in [0.5, 0.6) is 5.75 Å². The van der Waals surface area contributed by atoms with E-state index < -0.39 is 0 Å². The largest absolute Gasteiger partial charge is 0.491 e. The van der Waals surface area contributed by atoms with E-state index in [2.05, 4.69) is 23.1 Å². The summed E-state index contributed by atoms with van der Waals surface area (Å²) in [5.41, 5.74) is 3.34. The molecule has 0 aliphatic heterocycles. The lowest BCUT2D eigenvalue weighted by Crippen LogP contribution is -2.07. The monoisotopic (exact) mass is 281 g/mol. The molecule has 0 spiro atoms. The van der Waals surface area contributed by atoms with Crippen molar-refractivity contribution in [2.45, 2.75) is 26.9 Å². The molecule has 0 fully saturated rings. The summed E-state index contributed by atoms with van der Waals surface area (Å²) in [5.74, 6) is 0.907. The Morgan fingerprint density at radius 3 is 2.67 bits per heavy atom. The van der Waals surface area contributed by atoms with Crippen LogP contribution in [0.3, 0.4) is 0 Å². The van der Waals surface area contributed by atoms with E-state index in [9.17, 15) is 0 Å². The normalized spacial score (nSPS) is 11.3. The molecule has 2 heterocycles. The van der Waals surface area contributed by atoms with E-state index in [1.54, 1.807) is 0 Å². The van der Waals surface area contributed by atoms with Gasteiger partial charge in [-0.05, 0) is 43.9 Å². The fourth-order valence-corrected chi connectivity index (χ4v) is 2.55. The summed E-state index contributed by atoms with van der Waals surface area (Å²) in [6, 6.07) is 4.15. The fourth-order valence-electron chi connectivity index (χ4n) is 2.55. The molecule has 4 heteroatoms. The third kappa shape index (κ3) is 2.49. The molecule has 1 aromatic carbocycles. The van der Waals surface area contributed by atoms with Gasteiger partial charge in [-0.3, -0.25) is 9.67 Å². The molecule has 0 unspecified atom stereocenters. The molecule has 21 heavy (non-hydrogen) atoms. The van der Waals surface area contributed by atoms with E-state index >= 15 is 0 Å². The zero-order valence-corrected chi connectivity index (χ0v) is 12.8. The maximum atomic E-state index is 5.97. The number of nitrogens with zero attached hydrogens (tertiary/aromatic N) is 3. The number of pyridine rings is 1. The lowest BCUT2D eigenvalue weighted by Gasteiger charge is -2.16. The summed E-state index contributed by atoms with van der Waals surface area (Å²) >= 11 is 0. The Hall–Kier alpha value is -2.36. The van der Waals surface area contributed by atoms with Gasteiger partial charge in [-0.15, -0.1) is 0 Å². The first-order valence-corrected chi connectivity index (χ1v) is 7.09. The molecule has 0 saturated carbocycles. The van der Waals surface area contributed by atoms with Crippen LogP contribution in [0.1, 0.15) is 19.4 Å². The van der Waals surface area contributed by atoms with Gasteiger partial charge in [0.2, 0.25) is 0 Å². The van der Waals surface area contributed by atoms with E-state index in [-0.39, 0.29) is 6.10 Å². The Labute approximate surface area is 124 Å². The van der Waals surface area contributed by atoms with Gasteiger partial charge in [0.1, 0.15) is 5.75 Å². The first-order valence-electron chi connectivity index (χ1n) is 7.09. The number of hydrogen-bond acceptors (Lipinski definition) is 3. The Balaban J connectivity index is 2.29. The van der Waals surface area contributed by atoms with E-state index in [1.165, 1.54) is 5.39 Å². The fraction of sp³-hybridized carbons (Fsp3) is 0.294.